The summed E-state index contributed by atoms with van der Waals surface area (Å²) in [5, 5.41) is 0. The predicted molar refractivity (Wildman–Crippen MR) is 80.5 cm³/mol. The average Bonchev–Trinajstić information content (AvgIpc) is 2.46. The van der Waals surface area contributed by atoms with Crippen molar-refractivity contribution in [3.05, 3.63) is 47.3 Å². The lowest BCUT2D eigenvalue weighted by Gasteiger charge is -2.11. The van der Waals surface area contributed by atoms with Crippen molar-refractivity contribution in [1.29, 1.82) is 0 Å². The molecule has 0 unspecified atom stereocenters. The van der Waals surface area contributed by atoms with Gasteiger partial charge in [-0.25, -0.2) is 9.97 Å². The van der Waals surface area contributed by atoms with Crippen LogP contribution in [0.4, 0.5) is 0 Å². The van der Waals surface area contributed by atoms with Crippen LogP contribution in [0.3, 0.4) is 0 Å². The molecule has 0 N–H and O–H groups in total. The number of hydrogen-bond acceptors (Lipinski definition) is 2. The molecule has 1 aromatic carbocycles. The number of aromatic nitrogens is 2. The molecule has 1 aromatic heterocycles. The van der Waals surface area contributed by atoms with Gasteiger partial charge in [-0.15, -0.1) is 11.6 Å². The second-order valence-corrected chi connectivity index (χ2v) is 5.21. The monoisotopic (exact) mass is 274 g/mol. The van der Waals surface area contributed by atoms with E-state index in [9.17, 15) is 0 Å². The van der Waals surface area contributed by atoms with Gasteiger partial charge in [-0.3, -0.25) is 0 Å². The number of hydrogen-bond donors (Lipinski definition) is 0. The third-order valence-corrected chi connectivity index (χ3v) is 3.50. The van der Waals surface area contributed by atoms with Gasteiger partial charge in [-0.2, -0.15) is 0 Å². The summed E-state index contributed by atoms with van der Waals surface area (Å²) in [4.78, 5) is 9.10. The number of nitrogens with zero attached hydrogens (tertiary/aromatic N) is 2. The summed E-state index contributed by atoms with van der Waals surface area (Å²) in [6, 6.07) is 8.42. The fourth-order valence-electron chi connectivity index (χ4n) is 2.05. The Labute approximate surface area is 119 Å². The zero-order valence-corrected chi connectivity index (χ0v) is 12.4. The van der Waals surface area contributed by atoms with Crippen LogP contribution in [0.5, 0.6) is 0 Å². The molecule has 0 amide bonds. The van der Waals surface area contributed by atoms with E-state index in [4.69, 9.17) is 11.6 Å². The average molecular weight is 275 g/mol. The van der Waals surface area contributed by atoms with Gasteiger partial charge in [0.1, 0.15) is 0 Å². The van der Waals surface area contributed by atoms with Crippen molar-refractivity contribution in [1.82, 2.24) is 9.97 Å². The summed E-state index contributed by atoms with van der Waals surface area (Å²) in [6.45, 7) is 6.41. The Hall–Kier alpha value is -1.41. The van der Waals surface area contributed by atoms with E-state index in [0.717, 1.165) is 29.1 Å². The Morgan fingerprint density at radius 1 is 1.16 bits per heavy atom. The summed E-state index contributed by atoms with van der Waals surface area (Å²) in [5.41, 5.74) is 4.44. The summed E-state index contributed by atoms with van der Waals surface area (Å²) >= 11 is 5.93. The molecule has 0 aliphatic carbocycles. The summed E-state index contributed by atoms with van der Waals surface area (Å²) in [5.74, 6) is 1.59. The van der Waals surface area contributed by atoms with E-state index in [-0.39, 0.29) is 0 Å². The molecule has 0 fully saturated rings. The van der Waals surface area contributed by atoms with Gasteiger partial charge in [0.15, 0.2) is 5.82 Å². The highest BCUT2D eigenvalue weighted by molar-refractivity contribution is 6.17. The molecule has 0 aliphatic heterocycles. The lowest BCUT2D eigenvalue weighted by molar-refractivity contribution is 0.801. The molecule has 3 heteroatoms. The maximum absolute atomic E-state index is 5.93. The number of benzene rings is 1. The van der Waals surface area contributed by atoms with Crippen molar-refractivity contribution >= 4 is 11.6 Å². The zero-order chi connectivity index (χ0) is 13.8. The van der Waals surface area contributed by atoms with Crippen LogP contribution < -0.4 is 0 Å². The summed E-state index contributed by atoms with van der Waals surface area (Å²) in [6.07, 6.45) is 2.89. The Kier molecular flexibility index (Phi) is 4.54. The highest BCUT2D eigenvalue weighted by Gasteiger charge is 2.11. The van der Waals surface area contributed by atoms with Crippen LogP contribution in [0.2, 0.25) is 0 Å². The first kappa shape index (κ1) is 14.0. The minimum Gasteiger partial charge on any atom is -0.236 e. The van der Waals surface area contributed by atoms with E-state index >= 15 is 0 Å². The molecule has 19 heavy (non-hydrogen) atoms. The maximum atomic E-state index is 5.93. The molecule has 2 rings (SSSR count). The number of alkyl halides is 1. The first-order chi connectivity index (χ1) is 9.15. The van der Waals surface area contributed by atoms with Gasteiger partial charge < -0.3 is 0 Å². The number of halogens is 1. The SMILES string of the molecule is CCc1ccc(-c2ncc(CCl)c(C(C)C)n2)cc1. The van der Waals surface area contributed by atoms with Crippen molar-refractivity contribution < 1.29 is 0 Å². The third kappa shape index (κ3) is 3.13. The molecule has 0 saturated carbocycles. The van der Waals surface area contributed by atoms with Crippen molar-refractivity contribution in [2.24, 2.45) is 0 Å². The molecule has 0 bridgehead atoms. The fourth-order valence-corrected chi connectivity index (χ4v) is 2.26. The Bertz CT molecular complexity index is 547. The van der Waals surface area contributed by atoms with Crippen molar-refractivity contribution in [3.8, 4) is 11.4 Å². The third-order valence-electron chi connectivity index (χ3n) is 3.21. The topological polar surface area (TPSA) is 25.8 Å². The van der Waals surface area contributed by atoms with E-state index in [2.05, 4.69) is 55.0 Å². The van der Waals surface area contributed by atoms with E-state index in [0.29, 0.717) is 11.8 Å². The Balaban J connectivity index is 2.41. The van der Waals surface area contributed by atoms with Crippen LogP contribution in [0.25, 0.3) is 11.4 Å². The second kappa shape index (κ2) is 6.16. The number of rotatable bonds is 4. The van der Waals surface area contributed by atoms with Gasteiger partial charge in [0, 0.05) is 17.3 Å². The largest absolute Gasteiger partial charge is 0.236 e. The summed E-state index contributed by atoms with van der Waals surface area (Å²) < 4.78 is 0. The lowest BCUT2D eigenvalue weighted by Crippen LogP contribution is -2.02. The standard InChI is InChI=1S/C16H19ClN2/c1-4-12-5-7-13(8-6-12)16-18-10-14(9-17)15(19-16)11(2)3/h5-8,10-11H,4,9H2,1-3H3. The van der Waals surface area contributed by atoms with E-state index in [1.54, 1.807) is 0 Å². The van der Waals surface area contributed by atoms with Crippen LogP contribution in [0, 0.1) is 0 Å². The van der Waals surface area contributed by atoms with E-state index < -0.39 is 0 Å². The molecule has 0 spiro atoms. The maximum Gasteiger partial charge on any atom is 0.159 e. The van der Waals surface area contributed by atoms with Gasteiger partial charge in [-0.1, -0.05) is 45.0 Å². The van der Waals surface area contributed by atoms with Crippen LogP contribution >= 0.6 is 11.6 Å². The molecule has 2 nitrogen and oxygen atoms in total. The van der Waals surface area contributed by atoms with Gasteiger partial charge in [0.05, 0.1) is 11.6 Å². The zero-order valence-electron chi connectivity index (χ0n) is 11.7. The molecule has 2 aromatic rings. The quantitative estimate of drug-likeness (QED) is 0.764. The normalized spacial score (nSPS) is 11.0. The molecule has 0 radical (unpaired) electrons. The van der Waals surface area contributed by atoms with Crippen LogP contribution in [-0.4, -0.2) is 9.97 Å². The minimum absolute atomic E-state index is 0.352. The van der Waals surface area contributed by atoms with Crippen LogP contribution in [0.1, 0.15) is 43.5 Å². The first-order valence-electron chi connectivity index (χ1n) is 6.66. The van der Waals surface area contributed by atoms with Crippen molar-refractivity contribution in [3.63, 3.8) is 0 Å². The van der Waals surface area contributed by atoms with Gasteiger partial charge in [0.25, 0.3) is 0 Å². The predicted octanol–water partition coefficient (Wildman–Crippen LogP) is 4.57. The smallest absolute Gasteiger partial charge is 0.159 e. The van der Waals surface area contributed by atoms with E-state index in [1.165, 1.54) is 5.56 Å². The number of aryl methyl sites for hydroxylation is 1. The van der Waals surface area contributed by atoms with E-state index in [1.807, 2.05) is 6.20 Å². The fraction of sp³-hybridized carbons (Fsp3) is 0.375. The second-order valence-electron chi connectivity index (χ2n) is 4.94. The molecule has 0 aliphatic rings. The molecule has 1 heterocycles. The van der Waals surface area contributed by atoms with Gasteiger partial charge >= 0.3 is 0 Å². The van der Waals surface area contributed by atoms with Crippen molar-refractivity contribution in [2.75, 3.05) is 0 Å². The molecule has 0 saturated heterocycles. The highest BCUT2D eigenvalue weighted by atomic mass is 35.5. The molecular formula is C16H19ClN2. The Morgan fingerprint density at radius 3 is 2.37 bits per heavy atom. The van der Waals surface area contributed by atoms with Gasteiger partial charge in [-0.05, 0) is 17.9 Å². The van der Waals surface area contributed by atoms with Crippen molar-refractivity contribution in [2.45, 2.75) is 39.0 Å². The Morgan fingerprint density at radius 2 is 1.84 bits per heavy atom. The van der Waals surface area contributed by atoms with Gasteiger partial charge in [0.2, 0.25) is 0 Å². The first-order valence-corrected chi connectivity index (χ1v) is 7.20. The molecular weight excluding hydrogens is 256 g/mol. The highest BCUT2D eigenvalue weighted by Crippen LogP contribution is 2.22. The lowest BCUT2D eigenvalue weighted by atomic mass is 10.1. The van der Waals surface area contributed by atoms with Crippen LogP contribution in [-0.2, 0) is 12.3 Å². The van der Waals surface area contributed by atoms with Crippen LogP contribution in [0.15, 0.2) is 30.5 Å². The molecule has 0 atom stereocenters. The summed E-state index contributed by atoms with van der Waals surface area (Å²) in [7, 11) is 0. The molecule has 100 valence electrons. The minimum atomic E-state index is 0.352.